The maximum Gasteiger partial charge on any atom is 0.410 e. The molecule has 3 atom stereocenters. The number of carbonyl (C=O) groups is 1. The molecule has 1 amide bonds. The van der Waals surface area contributed by atoms with Crippen molar-refractivity contribution in [3.63, 3.8) is 0 Å². The van der Waals surface area contributed by atoms with E-state index in [0.29, 0.717) is 25.0 Å². The number of carbonyl (C=O) groups excluding carboxylic acids is 1. The van der Waals surface area contributed by atoms with Crippen LogP contribution < -0.4 is 5.32 Å². The quantitative estimate of drug-likeness (QED) is 0.833. The maximum absolute atomic E-state index is 12.2. The summed E-state index contributed by atoms with van der Waals surface area (Å²) in [7, 11) is 0. The van der Waals surface area contributed by atoms with E-state index in [1.807, 2.05) is 46.4 Å². The number of hydrogen-bond acceptors (Lipinski definition) is 4. The van der Waals surface area contributed by atoms with Gasteiger partial charge in [-0.15, -0.1) is 0 Å². The second-order valence-electron chi connectivity index (χ2n) is 8.52. The Morgan fingerprint density at radius 2 is 1.83 bits per heavy atom. The predicted molar refractivity (Wildman–Crippen MR) is 93.5 cm³/mol. The number of ether oxygens (including phenoxy) is 1. The third-order valence-corrected chi connectivity index (χ3v) is 4.87. The largest absolute Gasteiger partial charge is 0.444 e. The smallest absolute Gasteiger partial charge is 0.410 e. The Morgan fingerprint density at radius 3 is 2.35 bits per heavy atom. The van der Waals surface area contributed by atoms with Crippen molar-refractivity contribution in [1.82, 2.24) is 10.2 Å². The van der Waals surface area contributed by atoms with E-state index in [-0.39, 0.29) is 12.0 Å². The number of hydrogen-bond donors (Lipinski definition) is 2. The first-order chi connectivity index (χ1) is 10.4. The Hall–Kier alpha value is -0.810. The number of rotatable bonds is 4. The first kappa shape index (κ1) is 20.2. The molecule has 2 N–H and O–H groups in total. The van der Waals surface area contributed by atoms with Gasteiger partial charge in [0.1, 0.15) is 5.60 Å². The van der Waals surface area contributed by atoms with E-state index in [9.17, 15) is 9.90 Å². The molecule has 1 rings (SSSR count). The Balaban J connectivity index is 2.56. The van der Waals surface area contributed by atoms with Crippen molar-refractivity contribution in [3.05, 3.63) is 0 Å². The molecule has 1 fully saturated rings. The fourth-order valence-electron chi connectivity index (χ4n) is 2.61. The highest BCUT2D eigenvalue weighted by Gasteiger charge is 2.31. The minimum atomic E-state index is -0.711. The molecule has 23 heavy (non-hydrogen) atoms. The lowest BCUT2D eigenvalue weighted by Gasteiger charge is -2.32. The number of aliphatic hydroxyl groups is 1. The van der Waals surface area contributed by atoms with E-state index in [0.717, 1.165) is 19.4 Å². The van der Waals surface area contributed by atoms with Gasteiger partial charge in [-0.1, -0.05) is 20.8 Å². The van der Waals surface area contributed by atoms with Crippen LogP contribution >= 0.6 is 0 Å². The van der Waals surface area contributed by atoms with Crippen LogP contribution in [0, 0.1) is 11.8 Å². The van der Waals surface area contributed by atoms with Crippen molar-refractivity contribution in [2.24, 2.45) is 11.8 Å². The number of amides is 1. The molecule has 0 spiro atoms. The predicted octanol–water partition coefficient (Wildman–Crippen LogP) is 3.02. The van der Waals surface area contributed by atoms with E-state index in [2.05, 4.69) is 12.2 Å². The van der Waals surface area contributed by atoms with Gasteiger partial charge in [-0.2, -0.15) is 0 Å². The van der Waals surface area contributed by atoms with Gasteiger partial charge in [-0.05, 0) is 52.4 Å². The fraction of sp³-hybridized carbons (Fsp3) is 0.944. The van der Waals surface area contributed by atoms with Gasteiger partial charge in [0, 0.05) is 25.7 Å². The van der Waals surface area contributed by atoms with Crippen LogP contribution in [-0.4, -0.2) is 53.0 Å². The van der Waals surface area contributed by atoms with Gasteiger partial charge in [0.15, 0.2) is 0 Å². The molecule has 0 bridgehead atoms. The van der Waals surface area contributed by atoms with Crippen molar-refractivity contribution in [2.45, 2.75) is 78.6 Å². The van der Waals surface area contributed by atoms with Gasteiger partial charge in [0.2, 0.25) is 0 Å². The molecule has 0 radical (unpaired) electrons. The molecule has 1 aliphatic rings. The summed E-state index contributed by atoms with van der Waals surface area (Å²) in [4.78, 5) is 14.0. The minimum Gasteiger partial charge on any atom is -0.444 e. The zero-order chi connectivity index (χ0) is 17.8. The van der Waals surface area contributed by atoms with Crippen molar-refractivity contribution >= 4 is 6.09 Å². The molecule has 5 heteroatoms. The number of nitrogens with zero attached hydrogens (tertiary/aromatic N) is 1. The molecule has 0 saturated carbocycles. The summed E-state index contributed by atoms with van der Waals surface area (Å²) in [6.07, 6.45) is 1.61. The van der Waals surface area contributed by atoms with Crippen LogP contribution in [0.2, 0.25) is 0 Å². The summed E-state index contributed by atoms with van der Waals surface area (Å²) < 4.78 is 5.48. The Kier molecular flexibility index (Phi) is 6.90. The molecule has 136 valence electrons. The summed E-state index contributed by atoms with van der Waals surface area (Å²) in [5.74, 6) is 0.666. The van der Waals surface area contributed by atoms with Crippen LogP contribution in [-0.2, 0) is 4.74 Å². The molecular weight excluding hydrogens is 292 g/mol. The third-order valence-electron chi connectivity index (χ3n) is 4.87. The number of likely N-dealkylation sites (tertiary alicyclic amines) is 1. The fourth-order valence-corrected chi connectivity index (χ4v) is 2.61. The van der Waals surface area contributed by atoms with Gasteiger partial charge in [0.25, 0.3) is 0 Å². The van der Waals surface area contributed by atoms with E-state index >= 15 is 0 Å². The molecule has 3 unspecified atom stereocenters. The Bertz CT molecular complexity index is 388. The van der Waals surface area contributed by atoms with Crippen LogP contribution in [0.5, 0.6) is 0 Å². The zero-order valence-electron chi connectivity index (χ0n) is 16.0. The lowest BCUT2D eigenvalue weighted by atomic mass is 9.90. The SMILES string of the molecule is CC1CCN(C(=O)OC(C)(C)C)CCC1NCC(C)(O)C(C)C. The molecule has 0 aromatic heterocycles. The highest BCUT2D eigenvalue weighted by molar-refractivity contribution is 5.68. The topological polar surface area (TPSA) is 61.8 Å². The molecular formula is C18H36N2O3. The Labute approximate surface area is 141 Å². The van der Waals surface area contributed by atoms with E-state index in [1.54, 1.807) is 0 Å². The van der Waals surface area contributed by atoms with Crippen molar-refractivity contribution in [2.75, 3.05) is 19.6 Å². The van der Waals surface area contributed by atoms with Crippen LogP contribution in [0.15, 0.2) is 0 Å². The molecule has 1 saturated heterocycles. The second-order valence-corrected chi connectivity index (χ2v) is 8.52. The van der Waals surface area contributed by atoms with Gasteiger partial charge in [-0.25, -0.2) is 4.79 Å². The lowest BCUT2D eigenvalue weighted by Crippen LogP contribution is -2.47. The van der Waals surface area contributed by atoms with E-state index in [4.69, 9.17) is 4.74 Å². The average molecular weight is 328 g/mol. The molecule has 0 aromatic carbocycles. The third kappa shape index (κ3) is 6.68. The summed E-state index contributed by atoms with van der Waals surface area (Å²) in [6.45, 7) is 15.8. The maximum atomic E-state index is 12.2. The van der Waals surface area contributed by atoms with Gasteiger partial charge in [0.05, 0.1) is 5.60 Å². The molecule has 1 heterocycles. The van der Waals surface area contributed by atoms with Crippen LogP contribution in [0.1, 0.15) is 61.3 Å². The highest BCUT2D eigenvalue weighted by Crippen LogP contribution is 2.21. The molecule has 1 aliphatic heterocycles. The number of nitrogens with one attached hydrogen (secondary N) is 1. The zero-order valence-corrected chi connectivity index (χ0v) is 16.0. The first-order valence-corrected chi connectivity index (χ1v) is 8.86. The van der Waals surface area contributed by atoms with Gasteiger partial charge in [-0.3, -0.25) is 0 Å². The normalized spacial score (nSPS) is 25.9. The molecule has 5 nitrogen and oxygen atoms in total. The summed E-state index contributed by atoms with van der Waals surface area (Å²) in [6, 6.07) is 0.313. The van der Waals surface area contributed by atoms with Crippen LogP contribution in [0.25, 0.3) is 0 Å². The molecule has 0 aromatic rings. The summed E-state index contributed by atoms with van der Waals surface area (Å²) in [5, 5.41) is 13.9. The van der Waals surface area contributed by atoms with Gasteiger partial charge < -0.3 is 20.1 Å². The standard InChI is InChI=1S/C18H36N2O3/c1-13(2)18(7,22)12-19-15-9-11-20(10-8-14(15)3)16(21)23-17(4,5)6/h13-15,19,22H,8-12H2,1-7H3. The van der Waals surface area contributed by atoms with Crippen LogP contribution in [0.4, 0.5) is 4.79 Å². The summed E-state index contributed by atoms with van der Waals surface area (Å²) >= 11 is 0. The molecule has 0 aliphatic carbocycles. The Morgan fingerprint density at radius 1 is 1.26 bits per heavy atom. The highest BCUT2D eigenvalue weighted by atomic mass is 16.6. The summed E-state index contributed by atoms with van der Waals surface area (Å²) in [5.41, 5.74) is -1.17. The van der Waals surface area contributed by atoms with Crippen molar-refractivity contribution < 1.29 is 14.6 Å². The van der Waals surface area contributed by atoms with Crippen molar-refractivity contribution in [3.8, 4) is 0 Å². The second kappa shape index (κ2) is 7.84. The van der Waals surface area contributed by atoms with E-state index < -0.39 is 11.2 Å². The van der Waals surface area contributed by atoms with Gasteiger partial charge >= 0.3 is 6.09 Å². The lowest BCUT2D eigenvalue weighted by molar-refractivity contribution is 0.00982. The van der Waals surface area contributed by atoms with Crippen molar-refractivity contribution in [1.29, 1.82) is 0 Å². The first-order valence-electron chi connectivity index (χ1n) is 8.86. The average Bonchev–Trinajstić information content (AvgIpc) is 2.56. The van der Waals surface area contributed by atoms with E-state index in [1.165, 1.54) is 0 Å². The monoisotopic (exact) mass is 328 g/mol. The van der Waals surface area contributed by atoms with Crippen LogP contribution in [0.3, 0.4) is 0 Å². The minimum absolute atomic E-state index is 0.203.